The van der Waals surface area contributed by atoms with E-state index in [1.807, 2.05) is 36.4 Å². The van der Waals surface area contributed by atoms with Gasteiger partial charge < -0.3 is 0 Å². The highest BCUT2D eigenvalue weighted by Crippen LogP contribution is 2.27. The van der Waals surface area contributed by atoms with Gasteiger partial charge in [-0.3, -0.25) is 4.79 Å². The Morgan fingerprint density at radius 3 is 1.81 bits per heavy atom. The number of rotatable bonds is 8. The van der Waals surface area contributed by atoms with Gasteiger partial charge in [0.05, 0.1) is 5.92 Å². The predicted molar refractivity (Wildman–Crippen MR) is 88.5 cm³/mol. The quantitative estimate of drug-likeness (QED) is 0.595. The Hall–Kier alpha value is -1.89. The third-order valence-electron chi connectivity index (χ3n) is 3.86. The summed E-state index contributed by atoms with van der Waals surface area (Å²) in [4.78, 5) is 12.7. The van der Waals surface area contributed by atoms with Crippen molar-refractivity contribution in [2.24, 2.45) is 0 Å². The van der Waals surface area contributed by atoms with Gasteiger partial charge >= 0.3 is 0 Å². The highest BCUT2D eigenvalue weighted by molar-refractivity contribution is 5.89. The van der Waals surface area contributed by atoms with Gasteiger partial charge in [0.2, 0.25) is 0 Å². The van der Waals surface area contributed by atoms with Crippen molar-refractivity contribution < 1.29 is 4.79 Å². The van der Waals surface area contributed by atoms with Gasteiger partial charge in [0, 0.05) is 6.42 Å². The van der Waals surface area contributed by atoms with Crippen LogP contribution in [0.25, 0.3) is 0 Å². The first-order chi connectivity index (χ1) is 10.3. The molecule has 2 aromatic carbocycles. The molecule has 0 aliphatic carbocycles. The summed E-state index contributed by atoms with van der Waals surface area (Å²) in [5.74, 6) is 0.220. The maximum atomic E-state index is 12.7. The van der Waals surface area contributed by atoms with Crippen LogP contribution in [0.3, 0.4) is 0 Å². The Kier molecular flexibility index (Phi) is 6.21. The van der Waals surface area contributed by atoms with Crippen LogP contribution in [0.4, 0.5) is 0 Å². The minimum Gasteiger partial charge on any atom is -0.299 e. The molecule has 0 N–H and O–H groups in total. The first-order valence-corrected chi connectivity index (χ1v) is 7.95. The van der Waals surface area contributed by atoms with Gasteiger partial charge in [0.15, 0.2) is 0 Å². The molecule has 21 heavy (non-hydrogen) atoms. The lowest BCUT2D eigenvalue weighted by Crippen LogP contribution is -2.14. The fourth-order valence-electron chi connectivity index (χ4n) is 2.73. The topological polar surface area (TPSA) is 17.1 Å². The second-order valence-corrected chi connectivity index (χ2v) is 5.53. The summed E-state index contributed by atoms with van der Waals surface area (Å²) in [6.07, 6.45) is 5.25. The molecule has 0 atom stereocenters. The summed E-state index contributed by atoms with van der Waals surface area (Å²) in [5.41, 5.74) is 2.20. The van der Waals surface area contributed by atoms with Crippen molar-refractivity contribution in [2.45, 2.75) is 44.9 Å². The zero-order chi connectivity index (χ0) is 14.9. The molecule has 0 unspecified atom stereocenters. The van der Waals surface area contributed by atoms with E-state index in [1.165, 1.54) is 12.8 Å². The molecule has 1 heteroatoms. The lowest BCUT2D eigenvalue weighted by atomic mass is 9.86. The highest BCUT2D eigenvalue weighted by Gasteiger charge is 2.21. The summed E-state index contributed by atoms with van der Waals surface area (Å²) in [7, 11) is 0. The zero-order valence-corrected chi connectivity index (χ0v) is 12.8. The number of benzene rings is 2. The third kappa shape index (κ3) is 4.56. The first-order valence-electron chi connectivity index (χ1n) is 7.95. The zero-order valence-electron chi connectivity index (χ0n) is 12.8. The summed E-state index contributed by atoms with van der Waals surface area (Å²) in [6, 6.07) is 20.3. The van der Waals surface area contributed by atoms with E-state index in [9.17, 15) is 4.79 Å². The number of carbonyl (C=O) groups excluding carboxylic acids is 1. The van der Waals surface area contributed by atoms with E-state index < -0.39 is 0 Å². The number of carbonyl (C=O) groups is 1. The van der Waals surface area contributed by atoms with Crippen LogP contribution in [-0.4, -0.2) is 5.78 Å². The van der Waals surface area contributed by atoms with Crippen LogP contribution < -0.4 is 0 Å². The fourth-order valence-corrected chi connectivity index (χ4v) is 2.73. The van der Waals surface area contributed by atoms with E-state index in [2.05, 4.69) is 31.2 Å². The Bertz CT molecular complexity index is 491. The second-order valence-electron chi connectivity index (χ2n) is 5.53. The molecule has 2 aromatic rings. The van der Waals surface area contributed by atoms with Crippen molar-refractivity contribution in [2.75, 3.05) is 0 Å². The maximum Gasteiger partial charge on any atom is 0.144 e. The van der Waals surface area contributed by atoms with Gasteiger partial charge in [-0.15, -0.1) is 0 Å². The van der Waals surface area contributed by atoms with Gasteiger partial charge in [-0.1, -0.05) is 86.8 Å². The molecule has 0 saturated carbocycles. The minimum atomic E-state index is -0.117. The molecule has 0 saturated heterocycles. The molecule has 0 heterocycles. The smallest absolute Gasteiger partial charge is 0.144 e. The Morgan fingerprint density at radius 1 is 0.810 bits per heavy atom. The van der Waals surface area contributed by atoms with Crippen LogP contribution in [0, 0.1) is 0 Å². The molecule has 110 valence electrons. The van der Waals surface area contributed by atoms with Crippen molar-refractivity contribution in [3.05, 3.63) is 71.8 Å². The number of ketones is 1. The second kappa shape index (κ2) is 8.41. The Balaban J connectivity index is 2.15. The van der Waals surface area contributed by atoms with E-state index in [-0.39, 0.29) is 5.92 Å². The number of hydrogen-bond donors (Lipinski definition) is 0. The minimum absolute atomic E-state index is 0.117. The Morgan fingerprint density at radius 2 is 1.33 bits per heavy atom. The summed E-state index contributed by atoms with van der Waals surface area (Å²) >= 11 is 0. The molecule has 0 spiro atoms. The predicted octanol–water partition coefficient (Wildman–Crippen LogP) is 5.36. The molecular weight excluding hydrogens is 256 g/mol. The molecule has 0 aliphatic rings. The van der Waals surface area contributed by atoms with E-state index in [0.29, 0.717) is 12.2 Å². The number of unbranched alkanes of at least 4 members (excludes halogenated alkanes) is 3. The van der Waals surface area contributed by atoms with Crippen molar-refractivity contribution in [3.8, 4) is 0 Å². The average molecular weight is 280 g/mol. The molecule has 0 amide bonds. The van der Waals surface area contributed by atoms with Gasteiger partial charge in [-0.2, -0.15) is 0 Å². The summed E-state index contributed by atoms with van der Waals surface area (Å²) in [6.45, 7) is 2.19. The van der Waals surface area contributed by atoms with Crippen LogP contribution in [0.5, 0.6) is 0 Å². The van der Waals surface area contributed by atoms with Crippen molar-refractivity contribution in [1.82, 2.24) is 0 Å². The molecule has 1 nitrogen and oxygen atoms in total. The van der Waals surface area contributed by atoms with Crippen molar-refractivity contribution in [1.29, 1.82) is 0 Å². The molecular formula is C20H24O. The standard InChI is InChI=1S/C20H24O/c1-2-3-4-11-16-19(21)20(17-12-7-5-8-13-17)18-14-9-6-10-15-18/h5-10,12-15,20H,2-4,11,16H2,1H3. The van der Waals surface area contributed by atoms with E-state index in [1.54, 1.807) is 0 Å². The number of hydrogen-bond acceptors (Lipinski definition) is 1. The average Bonchev–Trinajstić information content (AvgIpc) is 2.54. The summed E-state index contributed by atoms with van der Waals surface area (Å²) in [5, 5.41) is 0. The third-order valence-corrected chi connectivity index (χ3v) is 3.86. The van der Waals surface area contributed by atoms with Crippen LogP contribution in [0.1, 0.15) is 56.1 Å². The van der Waals surface area contributed by atoms with E-state index >= 15 is 0 Å². The van der Waals surface area contributed by atoms with E-state index in [4.69, 9.17) is 0 Å². The van der Waals surface area contributed by atoms with Gasteiger partial charge in [-0.05, 0) is 17.5 Å². The van der Waals surface area contributed by atoms with Crippen molar-refractivity contribution in [3.63, 3.8) is 0 Å². The van der Waals surface area contributed by atoms with Crippen LogP contribution in [-0.2, 0) is 4.79 Å². The number of Topliss-reactive ketones (excluding diaryl/α,β-unsaturated/α-hetero) is 1. The first kappa shape index (κ1) is 15.5. The highest BCUT2D eigenvalue weighted by atomic mass is 16.1. The Labute approximate surface area is 128 Å². The normalized spacial score (nSPS) is 10.8. The van der Waals surface area contributed by atoms with Gasteiger partial charge in [-0.25, -0.2) is 0 Å². The maximum absolute atomic E-state index is 12.7. The fraction of sp³-hybridized carbons (Fsp3) is 0.350. The van der Waals surface area contributed by atoms with Crippen molar-refractivity contribution >= 4 is 5.78 Å². The largest absolute Gasteiger partial charge is 0.299 e. The molecule has 2 rings (SSSR count). The molecule has 0 aliphatic heterocycles. The van der Waals surface area contributed by atoms with Gasteiger partial charge in [0.25, 0.3) is 0 Å². The monoisotopic (exact) mass is 280 g/mol. The van der Waals surface area contributed by atoms with Crippen LogP contribution >= 0.6 is 0 Å². The SMILES string of the molecule is CCCCCCC(=O)C(c1ccccc1)c1ccccc1. The van der Waals surface area contributed by atoms with Gasteiger partial charge in [0.1, 0.15) is 5.78 Å². The molecule has 0 aromatic heterocycles. The summed E-state index contributed by atoms with van der Waals surface area (Å²) < 4.78 is 0. The van der Waals surface area contributed by atoms with Crippen LogP contribution in [0.2, 0.25) is 0 Å². The molecule has 0 fully saturated rings. The van der Waals surface area contributed by atoms with Crippen LogP contribution in [0.15, 0.2) is 60.7 Å². The lowest BCUT2D eigenvalue weighted by Gasteiger charge is -2.17. The molecule has 0 bridgehead atoms. The lowest BCUT2D eigenvalue weighted by molar-refractivity contribution is -0.119. The molecule has 0 radical (unpaired) electrons. The van der Waals surface area contributed by atoms with E-state index in [0.717, 1.165) is 24.0 Å².